The van der Waals surface area contributed by atoms with Crippen LogP contribution in [0.5, 0.6) is 0 Å². The minimum absolute atomic E-state index is 0.0967. The van der Waals surface area contributed by atoms with E-state index in [1.54, 1.807) is 5.57 Å². The molecule has 0 aromatic carbocycles. The Hall–Kier alpha value is -0.820. The van der Waals surface area contributed by atoms with Gasteiger partial charge in [-0.05, 0) is 112 Å². The van der Waals surface area contributed by atoms with Gasteiger partial charge in [0.25, 0.3) is 0 Å². The summed E-state index contributed by atoms with van der Waals surface area (Å²) < 4.78 is 0. The van der Waals surface area contributed by atoms with Crippen molar-refractivity contribution in [3.63, 3.8) is 0 Å². The monoisotopic (exact) mass is 396 g/mol. The Balaban J connectivity index is 1.50. The van der Waals surface area contributed by atoms with Crippen molar-refractivity contribution in [1.29, 1.82) is 0 Å². The number of hydrogen-bond acceptors (Lipinski definition) is 1. The molecule has 162 valence electrons. The molecule has 0 unspecified atom stereocenters. The highest BCUT2D eigenvalue weighted by Gasteiger charge is 2.58. The van der Waals surface area contributed by atoms with Crippen LogP contribution in [0.1, 0.15) is 91.9 Å². The average molecular weight is 397 g/mol. The van der Waals surface area contributed by atoms with E-state index in [2.05, 4.69) is 46.9 Å². The minimum atomic E-state index is -0.0967. The largest absolute Gasteiger partial charge is 0.393 e. The third kappa shape index (κ3) is 3.50. The van der Waals surface area contributed by atoms with Crippen molar-refractivity contribution in [3.8, 4) is 0 Å². The van der Waals surface area contributed by atoms with Crippen LogP contribution in [-0.4, -0.2) is 11.2 Å². The van der Waals surface area contributed by atoms with E-state index in [1.807, 2.05) is 0 Å². The van der Waals surface area contributed by atoms with Gasteiger partial charge in [0.15, 0.2) is 0 Å². The van der Waals surface area contributed by atoms with Crippen LogP contribution >= 0.6 is 0 Å². The van der Waals surface area contributed by atoms with Crippen molar-refractivity contribution in [3.05, 3.63) is 36.0 Å². The van der Waals surface area contributed by atoms with Gasteiger partial charge in [0.2, 0.25) is 0 Å². The normalized spacial score (nSPS) is 44.9. The van der Waals surface area contributed by atoms with Crippen LogP contribution in [0.15, 0.2) is 36.0 Å². The molecule has 0 amide bonds. The predicted molar refractivity (Wildman–Crippen MR) is 124 cm³/mol. The van der Waals surface area contributed by atoms with E-state index in [-0.39, 0.29) is 6.10 Å². The van der Waals surface area contributed by atoms with E-state index in [0.29, 0.717) is 16.7 Å². The maximum Gasteiger partial charge on any atom is 0.0577 e. The van der Waals surface area contributed by atoms with E-state index in [4.69, 9.17) is 0 Å². The van der Waals surface area contributed by atoms with Crippen LogP contribution in [0.25, 0.3) is 0 Å². The lowest BCUT2D eigenvalue weighted by Gasteiger charge is -2.58. The van der Waals surface area contributed by atoms with Gasteiger partial charge >= 0.3 is 0 Å². The van der Waals surface area contributed by atoms with Crippen LogP contribution < -0.4 is 0 Å². The summed E-state index contributed by atoms with van der Waals surface area (Å²) in [6.07, 6.45) is 14.8. The standard InChI is InChI=1S/C28H44O/c1-18(2)19(3)7-8-20(4)24-11-12-25-23-10-9-21-17-22(29)13-15-27(21,5)26(23)14-16-28(24,25)6/h9,19,22-26,29H,1,4,7-8,10-17H2,2-3,5-6H3/t19-,22-,23-,24+,25-,26-,27-,28+/m0/s1. The number of fused-ring (bicyclic) bond motifs is 5. The predicted octanol–water partition coefficient (Wildman–Crippen LogP) is 7.47. The molecular formula is C28H44O. The highest BCUT2D eigenvalue weighted by molar-refractivity contribution is 5.26. The van der Waals surface area contributed by atoms with E-state index >= 15 is 0 Å². The van der Waals surface area contributed by atoms with E-state index in [9.17, 15) is 5.11 Å². The fourth-order valence-electron chi connectivity index (χ4n) is 8.13. The molecule has 4 aliphatic carbocycles. The lowest BCUT2D eigenvalue weighted by atomic mass is 9.47. The van der Waals surface area contributed by atoms with Gasteiger partial charge < -0.3 is 5.11 Å². The zero-order chi connectivity index (χ0) is 21.0. The fourth-order valence-corrected chi connectivity index (χ4v) is 8.13. The van der Waals surface area contributed by atoms with Gasteiger partial charge in [0.1, 0.15) is 0 Å². The van der Waals surface area contributed by atoms with Gasteiger partial charge in [-0.15, -0.1) is 0 Å². The second kappa shape index (κ2) is 7.70. The van der Waals surface area contributed by atoms with Crippen molar-refractivity contribution < 1.29 is 5.11 Å². The molecule has 3 fully saturated rings. The first-order valence-electron chi connectivity index (χ1n) is 12.4. The Labute approximate surface area is 179 Å². The zero-order valence-electron chi connectivity index (χ0n) is 19.5. The Morgan fingerprint density at radius 3 is 2.62 bits per heavy atom. The van der Waals surface area contributed by atoms with Crippen molar-refractivity contribution in [1.82, 2.24) is 0 Å². The quantitative estimate of drug-likeness (QED) is 0.478. The van der Waals surface area contributed by atoms with Crippen molar-refractivity contribution in [2.24, 2.45) is 40.4 Å². The molecule has 8 atom stereocenters. The number of aliphatic hydroxyl groups excluding tert-OH is 1. The zero-order valence-corrected chi connectivity index (χ0v) is 19.5. The number of allylic oxidation sites excluding steroid dienone is 3. The molecule has 0 aromatic heterocycles. The topological polar surface area (TPSA) is 20.2 Å². The van der Waals surface area contributed by atoms with E-state index in [1.165, 1.54) is 62.5 Å². The van der Waals surface area contributed by atoms with Crippen LogP contribution in [0.4, 0.5) is 0 Å². The van der Waals surface area contributed by atoms with Crippen molar-refractivity contribution in [2.75, 3.05) is 0 Å². The molecule has 0 aliphatic heterocycles. The van der Waals surface area contributed by atoms with Gasteiger partial charge in [-0.1, -0.05) is 56.7 Å². The Bertz CT molecular complexity index is 701. The molecule has 0 heterocycles. The lowest BCUT2D eigenvalue weighted by molar-refractivity contribution is -0.0457. The third-order valence-corrected chi connectivity index (χ3v) is 10.3. The molecule has 3 saturated carbocycles. The highest BCUT2D eigenvalue weighted by Crippen LogP contribution is 2.67. The van der Waals surface area contributed by atoms with Gasteiger partial charge in [-0.2, -0.15) is 0 Å². The molecule has 0 aromatic rings. The molecule has 4 rings (SSSR count). The van der Waals surface area contributed by atoms with Gasteiger partial charge in [-0.25, -0.2) is 0 Å². The summed E-state index contributed by atoms with van der Waals surface area (Å²) in [5, 5.41) is 10.2. The molecule has 0 saturated heterocycles. The summed E-state index contributed by atoms with van der Waals surface area (Å²) >= 11 is 0. The summed E-state index contributed by atoms with van der Waals surface area (Å²) in [5.41, 5.74) is 5.25. The van der Waals surface area contributed by atoms with Crippen LogP contribution in [0.2, 0.25) is 0 Å². The number of rotatable bonds is 5. The van der Waals surface area contributed by atoms with Crippen LogP contribution in [0.3, 0.4) is 0 Å². The molecule has 0 bridgehead atoms. The second-order valence-electron chi connectivity index (χ2n) is 11.8. The molecule has 1 N–H and O–H groups in total. The summed E-state index contributed by atoms with van der Waals surface area (Å²) in [4.78, 5) is 0. The molecule has 0 radical (unpaired) electrons. The fraction of sp³-hybridized carbons (Fsp3) is 0.786. The first-order chi connectivity index (χ1) is 13.7. The van der Waals surface area contributed by atoms with Gasteiger partial charge in [0.05, 0.1) is 6.10 Å². The average Bonchev–Trinajstić information content (AvgIpc) is 3.03. The first-order valence-corrected chi connectivity index (χ1v) is 12.4. The number of hydrogen-bond donors (Lipinski definition) is 1. The van der Waals surface area contributed by atoms with Gasteiger partial charge in [0, 0.05) is 0 Å². The molecule has 0 spiro atoms. The SMILES string of the molecule is C=C(CC[C@H](C)C(=C)C)[C@H]1CC[C@H]2[C@@H]3CC=C4C[C@@H](O)CC[C@]4(C)[C@H]3CC[C@]12C. The lowest BCUT2D eigenvalue weighted by Crippen LogP contribution is -2.50. The van der Waals surface area contributed by atoms with Crippen LogP contribution in [0, 0.1) is 40.4 Å². The maximum absolute atomic E-state index is 10.2. The molecule has 1 heteroatoms. The summed E-state index contributed by atoms with van der Waals surface area (Å²) in [5.74, 6) is 3.88. The third-order valence-electron chi connectivity index (χ3n) is 10.3. The minimum Gasteiger partial charge on any atom is -0.393 e. The first kappa shape index (κ1) is 21.4. The summed E-state index contributed by atoms with van der Waals surface area (Å²) in [6, 6.07) is 0. The van der Waals surface area contributed by atoms with E-state index in [0.717, 1.165) is 36.5 Å². The van der Waals surface area contributed by atoms with Gasteiger partial charge in [-0.3, -0.25) is 0 Å². The Kier molecular flexibility index (Phi) is 5.69. The molecule has 29 heavy (non-hydrogen) atoms. The van der Waals surface area contributed by atoms with Crippen molar-refractivity contribution >= 4 is 0 Å². The molecule has 4 aliphatic rings. The second-order valence-corrected chi connectivity index (χ2v) is 11.8. The maximum atomic E-state index is 10.2. The molecular weight excluding hydrogens is 352 g/mol. The summed E-state index contributed by atoms with van der Waals surface area (Å²) in [7, 11) is 0. The molecule has 1 nitrogen and oxygen atoms in total. The smallest absolute Gasteiger partial charge is 0.0577 e. The Morgan fingerprint density at radius 2 is 1.90 bits per heavy atom. The van der Waals surface area contributed by atoms with Crippen LogP contribution in [-0.2, 0) is 0 Å². The highest BCUT2D eigenvalue weighted by atomic mass is 16.3. The number of aliphatic hydroxyl groups is 1. The Morgan fingerprint density at radius 1 is 1.14 bits per heavy atom. The van der Waals surface area contributed by atoms with E-state index < -0.39 is 0 Å². The van der Waals surface area contributed by atoms with Crippen molar-refractivity contribution in [2.45, 2.75) is 98.0 Å². The summed E-state index contributed by atoms with van der Waals surface area (Å²) in [6.45, 7) is 18.4.